The quantitative estimate of drug-likeness (QED) is 0.485. The first kappa shape index (κ1) is 21.4. The molecular formula is C22H31N3O3. The van der Waals surface area contributed by atoms with E-state index in [0.717, 1.165) is 41.7 Å². The third-order valence-electron chi connectivity index (χ3n) is 4.13. The molecule has 0 unspecified atom stereocenters. The standard InChI is InChI=1S/C22H31N3O3/c1-5-27-20-11-10-17(15-21(20)28-6-2)12-13-24-22(23-3)25-16-18-8-7-9-19(14-18)26-4/h7-11,14-15H,5-6,12-13,16H2,1-4H3,(H2,23,24,25). The monoisotopic (exact) mass is 385 g/mol. The summed E-state index contributed by atoms with van der Waals surface area (Å²) < 4.78 is 16.6. The summed E-state index contributed by atoms with van der Waals surface area (Å²) in [6, 6.07) is 14.1. The molecular weight excluding hydrogens is 354 g/mol. The van der Waals surface area contributed by atoms with Gasteiger partial charge in [-0.3, -0.25) is 4.99 Å². The molecule has 0 bridgehead atoms. The Labute approximate surface area is 167 Å². The number of hydrogen-bond acceptors (Lipinski definition) is 4. The lowest BCUT2D eigenvalue weighted by Gasteiger charge is -2.14. The zero-order valence-corrected chi connectivity index (χ0v) is 17.2. The fraction of sp³-hybridized carbons (Fsp3) is 0.409. The predicted octanol–water partition coefficient (Wildman–Crippen LogP) is 3.40. The Morgan fingerprint density at radius 1 is 0.929 bits per heavy atom. The first-order valence-electron chi connectivity index (χ1n) is 9.66. The smallest absolute Gasteiger partial charge is 0.191 e. The maximum Gasteiger partial charge on any atom is 0.191 e. The number of aliphatic imine (C=N–C) groups is 1. The molecule has 0 radical (unpaired) electrons. The first-order chi connectivity index (χ1) is 13.7. The highest BCUT2D eigenvalue weighted by Gasteiger charge is 2.06. The Morgan fingerprint density at radius 3 is 2.43 bits per heavy atom. The lowest BCUT2D eigenvalue weighted by molar-refractivity contribution is 0.287. The molecule has 0 aliphatic heterocycles. The van der Waals surface area contributed by atoms with E-state index in [1.807, 2.05) is 44.2 Å². The molecule has 0 aromatic heterocycles. The van der Waals surface area contributed by atoms with Gasteiger partial charge in [-0.15, -0.1) is 0 Å². The van der Waals surface area contributed by atoms with Crippen LogP contribution in [-0.4, -0.2) is 39.9 Å². The second-order valence-corrected chi connectivity index (χ2v) is 6.10. The number of rotatable bonds is 10. The van der Waals surface area contributed by atoms with Gasteiger partial charge in [0.1, 0.15) is 5.75 Å². The van der Waals surface area contributed by atoms with Crippen molar-refractivity contribution < 1.29 is 14.2 Å². The molecule has 0 spiro atoms. The third kappa shape index (κ3) is 6.68. The van der Waals surface area contributed by atoms with Crippen LogP contribution in [0.4, 0.5) is 0 Å². The van der Waals surface area contributed by atoms with Crippen molar-refractivity contribution in [3.63, 3.8) is 0 Å². The number of nitrogens with one attached hydrogen (secondary N) is 2. The normalized spacial score (nSPS) is 11.1. The van der Waals surface area contributed by atoms with Gasteiger partial charge in [0, 0.05) is 20.1 Å². The second-order valence-electron chi connectivity index (χ2n) is 6.10. The number of benzene rings is 2. The van der Waals surface area contributed by atoms with Crippen LogP contribution in [0.15, 0.2) is 47.5 Å². The van der Waals surface area contributed by atoms with Gasteiger partial charge in [0.25, 0.3) is 0 Å². The van der Waals surface area contributed by atoms with E-state index < -0.39 is 0 Å². The van der Waals surface area contributed by atoms with Crippen molar-refractivity contribution in [2.75, 3.05) is 33.9 Å². The summed E-state index contributed by atoms with van der Waals surface area (Å²) in [5, 5.41) is 6.66. The van der Waals surface area contributed by atoms with E-state index >= 15 is 0 Å². The minimum absolute atomic E-state index is 0.614. The van der Waals surface area contributed by atoms with Crippen molar-refractivity contribution in [1.29, 1.82) is 0 Å². The lowest BCUT2D eigenvalue weighted by Crippen LogP contribution is -2.37. The van der Waals surface area contributed by atoms with Gasteiger partial charge in [-0.05, 0) is 55.7 Å². The topological polar surface area (TPSA) is 64.1 Å². The average molecular weight is 386 g/mol. The fourth-order valence-corrected chi connectivity index (χ4v) is 2.77. The minimum Gasteiger partial charge on any atom is -0.497 e. The van der Waals surface area contributed by atoms with Crippen LogP contribution in [0.3, 0.4) is 0 Å². The lowest BCUT2D eigenvalue weighted by atomic mass is 10.1. The van der Waals surface area contributed by atoms with Crippen molar-refractivity contribution in [1.82, 2.24) is 10.6 Å². The Hall–Kier alpha value is -2.89. The van der Waals surface area contributed by atoms with E-state index in [2.05, 4.69) is 27.8 Å². The van der Waals surface area contributed by atoms with Crippen molar-refractivity contribution >= 4 is 5.96 Å². The Balaban J connectivity index is 1.85. The second kappa shape index (κ2) is 11.7. The molecule has 0 fully saturated rings. The molecule has 6 heteroatoms. The van der Waals surface area contributed by atoms with Crippen LogP contribution < -0.4 is 24.8 Å². The van der Waals surface area contributed by atoms with Crippen LogP contribution in [-0.2, 0) is 13.0 Å². The highest BCUT2D eigenvalue weighted by atomic mass is 16.5. The molecule has 2 rings (SSSR count). The summed E-state index contributed by atoms with van der Waals surface area (Å²) in [5.41, 5.74) is 2.32. The maximum absolute atomic E-state index is 5.69. The number of hydrogen-bond donors (Lipinski definition) is 2. The molecule has 0 heterocycles. The average Bonchev–Trinajstić information content (AvgIpc) is 2.72. The number of methoxy groups -OCH3 is 1. The van der Waals surface area contributed by atoms with Crippen LogP contribution >= 0.6 is 0 Å². The summed E-state index contributed by atoms with van der Waals surface area (Å²) in [4.78, 5) is 4.28. The Morgan fingerprint density at radius 2 is 1.71 bits per heavy atom. The SMILES string of the molecule is CCOc1ccc(CCNC(=NC)NCc2cccc(OC)c2)cc1OCC. The third-order valence-corrected chi connectivity index (χ3v) is 4.13. The van der Waals surface area contributed by atoms with Gasteiger partial charge in [0.15, 0.2) is 17.5 Å². The molecule has 6 nitrogen and oxygen atoms in total. The molecule has 0 aliphatic rings. The van der Waals surface area contributed by atoms with Gasteiger partial charge in [-0.2, -0.15) is 0 Å². The van der Waals surface area contributed by atoms with Crippen LogP contribution in [0.5, 0.6) is 17.2 Å². The van der Waals surface area contributed by atoms with Gasteiger partial charge >= 0.3 is 0 Å². The highest BCUT2D eigenvalue weighted by Crippen LogP contribution is 2.28. The zero-order valence-electron chi connectivity index (χ0n) is 17.2. The zero-order chi connectivity index (χ0) is 20.2. The molecule has 0 saturated heterocycles. The first-order valence-corrected chi connectivity index (χ1v) is 9.66. The van der Waals surface area contributed by atoms with Gasteiger partial charge < -0.3 is 24.8 Å². The number of ether oxygens (including phenoxy) is 3. The van der Waals surface area contributed by atoms with Crippen LogP contribution in [0.2, 0.25) is 0 Å². The molecule has 2 aromatic carbocycles. The highest BCUT2D eigenvalue weighted by molar-refractivity contribution is 5.79. The summed E-state index contributed by atoms with van der Waals surface area (Å²) in [7, 11) is 3.44. The van der Waals surface area contributed by atoms with E-state index in [0.29, 0.717) is 19.8 Å². The van der Waals surface area contributed by atoms with Crippen molar-refractivity contribution in [2.24, 2.45) is 4.99 Å². The summed E-state index contributed by atoms with van der Waals surface area (Å²) >= 11 is 0. The summed E-state index contributed by atoms with van der Waals surface area (Å²) in [5.74, 6) is 3.20. The molecule has 152 valence electrons. The molecule has 0 amide bonds. The van der Waals surface area contributed by atoms with Crippen molar-refractivity contribution in [2.45, 2.75) is 26.8 Å². The van der Waals surface area contributed by atoms with E-state index in [9.17, 15) is 0 Å². The summed E-state index contributed by atoms with van der Waals surface area (Å²) in [6.45, 7) is 6.62. The number of guanidine groups is 1. The van der Waals surface area contributed by atoms with Gasteiger partial charge in [-0.25, -0.2) is 0 Å². The molecule has 2 N–H and O–H groups in total. The molecule has 0 aliphatic carbocycles. The predicted molar refractivity (Wildman–Crippen MR) is 114 cm³/mol. The van der Waals surface area contributed by atoms with Crippen molar-refractivity contribution in [3.8, 4) is 17.2 Å². The van der Waals surface area contributed by atoms with Gasteiger partial charge in [-0.1, -0.05) is 18.2 Å². The maximum atomic E-state index is 5.69. The van der Waals surface area contributed by atoms with Crippen LogP contribution in [0.25, 0.3) is 0 Å². The Bertz CT molecular complexity index is 762. The fourth-order valence-electron chi connectivity index (χ4n) is 2.77. The number of nitrogens with zero attached hydrogens (tertiary/aromatic N) is 1. The van der Waals surface area contributed by atoms with E-state index in [-0.39, 0.29) is 0 Å². The van der Waals surface area contributed by atoms with Gasteiger partial charge in [0.2, 0.25) is 0 Å². The summed E-state index contributed by atoms with van der Waals surface area (Å²) in [6.07, 6.45) is 0.854. The van der Waals surface area contributed by atoms with Crippen LogP contribution in [0.1, 0.15) is 25.0 Å². The minimum atomic E-state index is 0.614. The van der Waals surface area contributed by atoms with E-state index in [4.69, 9.17) is 14.2 Å². The van der Waals surface area contributed by atoms with E-state index in [1.165, 1.54) is 5.56 Å². The van der Waals surface area contributed by atoms with Gasteiger partial charge in [0.05, 0.1) is 20.3 Å². The largest absolute Gasteiger partial charge is 0.497 e. The van der Waals surface area contributed by atoms with Crippen LogP contribution in [0, 0.1) is 0 Å². The Kier molecular flexibility index (Phi) is 8.98. The van der Waals surface area contributed by atoms with E-state index in [1.54, 1.807) is 14.2 Å². The molecule has 0 atom stereocenters. The molecule has 28 heavy (non-hydrogen) atoms. The van der Waals surface area contributed by atoms with Crippen molar-refractivity contribution in [3.05, 3.63) is 53.6 Å². The molecule has 2 aromatic rings. The molecule has 0 saturated carbocycles.